The van der Waals surface area contributed by atoms with Crippen LogP contribution in [-0.2, 0) is 6.61 Å². The number of ether oxygens (including phenoxy) is 1. The Kier molecular flexibility index (Phi) is 9.58. The molecular weight excluding hydrogens is 324 g/mol. The highest BCUT2D eigenvalue weighted by atomic mass is 35.5. The summed E-state index contributed by atoms with van der Waals surface area (Å²) in [6, 6.07) is 17.2. The minimum absolute atomic E-state index is 0. The standard InChI is InChI=1S/C19H24N2O2.ClH/c1-2-12-20-13-14-21-19(22)17-8-10-18(11-9-17)23-15-16-6-4-3-5-7-16;/h3-11,20H,2,12-15H2,1H3,(H,21,22);1H. The summed E-state index contributed by atoms with van der Waals surface area (Å²) in [5, 5.41) is 6.14. The van der Waals surface area contributed by atoms with Crippen molar-refractivity contribution in [1.82, 2.24) is 10.6 Å². The predicted octanol–water partition coefficient (Wildman–Crippen LogP) is 3.42. The van der Waals surface area contributed by atoms with Gasteiger partial charge in [-0.3, -0.25) is 4.79 Å². The van der Waals surface area contributed by atoms with Crippen LogP contribution in [0.3, 0.4) is 0 Å². The van der Waals surface area contributed by atoms with Gasteiger partial charge in [-0.1, -0.05) is 37.3 Å². The molecule has 0 aliphatic rings. The Bertz CT molecular complexity index is 588. The van der Waals surface area contributed by atoms with Gasteiger partial charge in [0.25, 0.3) is 5.91 Å². The van der Waals surface area contributed by atoms with Crippen LogP contribution in [0.15, 0.2) is 54.6 Å². The van der Waals surface area contributed by atoms with E-state index in [2.05, 4.69) is 17.6 Å². The van der Waals surface area contributed by atoms with E-state index in [4.69, 9.17) is 4.74 Å². The van der Waals surface area contributed by atoms with Gasteiger partial charge in [-0.25, -0.2) is 0 Å². The second kappa shape index (κ2) is 11.5. The molecule has 0 aromatic heterocycles. The van der Waals surface area contributed by atoms with E-state index in [0.29, 0.717) is 18.7 Å². The molecule has 0 bridgehead atoms. The number of hydrogen-bond donors (Lipinski definition) is 2. The molecule has 0 aliphatic carbocycles. The second-order valence-electron chi connectivity index (χ2n) is 5.30. The topological polar surface area (TPSA) is 50.4 Å². The summed E-state index contributed by atoms with van der Waals surface area (Å²) in [6.45, 7) is 5.04. The maximum Gasteiger partial charge on any atom is 0.251 e. The summed E-state index contributed by atoms with van der Waals surface area (Å²) in [5.41, 5.74) is 1.77. The van der Waals surface area contributed by atoms with E-state index in [9.17, 15) is 4.79 Å². The van der Waals surface area contributed by atoms with Crippen LogP contribution in [0.5, 0.6) is 5.75 Å². The van der Waals surface area contributed by atoms with Gasteiger partial charge in [-0.05, 0) is 42.8 Å². The van der Waals surface area contributed by atoms with Crippen molar-refractivity contribution >= 4 is 18.3 Å². The quantitative estimate of drug-likeness (QED) is 0.683. The number of nitrogens with one attached hydrogen (secondary N) is 2. The van der Waals surface area contributed by atoms with Gasteiger partial charge in [-0.2, -0.15) is 0 Å². The number of carbonyl (C=O) groups excluding carboxylic acids is 1. The van der Waals surface area contributed by atoms with Gasteiger partial charge in [-0.15, -0.1) is 12.4 Å². The summed E-state index contributed by atoms with van der Waals surface area (Å²) in [4.78, 5) is 12.0. The molecule has 0 atom stereocenters. The van der Waals surface area contributed by atoms with E-state index in [0.717, 1.165) is 30.8 Å². The molecule has 5 heteroatoms. The van der Waals surface area contributed by atoms with E-state index in [1.54, 1.807) is 12.1 Å². The fraction of sp³-hybridized carbons (Fsp3) is 0.316. The Labute approximate surface area is 150 Å². The zero-order valence-electron chi connectivity index (χ0n) is 14.0. The van der Waals surface area contributed by atoms with Crippen LogP contribution in [0.1, 0.15) is 29.3 Å². The lowest BCUT2D eigenvalue weighted by Crippen LogP contribution is -2.32. The fourth-order valence-corrected chi connectivity index (χ4v) is 2.11. The normalized spacial score (nSPS) is 9.88. The van der Waals surface area contributed by atoms with Gasteiger partial charge in [0, 0.05) is 18.7 Å². The highest BCUT2D eigenvalue weighted by Gasteiger charge is 2.04. The Morgan fingerprint density at radius 2 is 1.67 bits per heavy atom. The number of benzene rings is 2. The van der Waals surface area contributed by atoms with Gasteiger partial charge >= 0.3 is 0 Å². The Morgan fingerprint density at radius 1 is 0.958 bits per heavy atom. The zero-order valence-corrected chi connectivity index (χ0v) is 14.8. The minimum Gasteiger partial charge on any atom is -0.489 e. The SMILES string of the molecule is CCCNCCNC(=O)c1ccc(OCc2ccccc2)cc1.Cl. The van der Waals surface area contributed by atoms with Crippen molar-refractivity contribution in [3.05, 3.63) is 65.7 Å². The minimum atomic E-state index is -0.0575. The Morgan fingerprint density at radius 3 is 2.33 bits per heavy atom. The van der Waals surface area contributed by atoms with Crippen LogP contribution >= 0.6 is 12.4 Å². The number of rotatable bonds is 9. The van der Waals surface area contributed by atoms with Crippen LogP contribution in [0, 0.1) is 0 Å². The van der Waals surface area contributed by atoms with Crippen LogP contribution in [-0.4, -0.2) is 25.5 Å². The molecule has 2 aromatic rings. The van der Waals surface area contributed by atoms with Gasteiger partial charge in [0.15, 0.2) is 0 Å². The van der Waals surface area contributed by atoms with Crippen LogP contribution in [0.4, 0.5) is 0 Å². The molecular formula is C19H25ClN2O2. The molecule has 0 saturated carbocycles. The van der Waals surface area contributed by atoms with Crippen molar-refractivity contribution in [3.8, 4) is 5.75 Å². The third-order valence-corrected chi connectivity index (χ3v) is 3.38. The van der Waals surface area contributed by atoms with Crippen molar-refractivity contribution in [2.24, 2.45) is 0 Å². The third-order valence-electron chi connectivity index (χ3n) is 3.38. The average molecular weight is 349 g/mol. The molecule has 0 saturated heterocycles. The molecule has 0 spiro atoms. The van der Waals surface area contributed by atoms with Crippen LogP contribution < -0.4 is 15.4 Å². The van der Waals surface area contributed by atoms with Gasteiger partial charge < -0.3 is 15.4 Å². The van der Waals surface area contributed by atoms with E-state index < -0.39 is 0 Å². The highest BCUT2D eigenvalue weighted by Crippen LogP contribution is 2.14. The lowest BCUT2D eigenvalue weighted by molar-refractivity contribution is 0.0954. The number of carbonyl (C=O) groups is 1. The molecule has 24 heavy (non-hydrogen) atoms. The molecule has 2 N–H and O–H groups in total. The molecule has 1 amide bonds. The number of halogens is 1. The molecule has 0 unspecified atom stereocenters. The molecule has 0 radical (unpaired) electrons. The van der Waals surface area contributed by atoms with Crippen molar-refractivity contribution < 1.29 is 9.53 Å². The van der Waals surface area contributed by atoms with Crippen molar-refractivity contribution in [1.29, 1.82) is 0 Å². The fourth-order valence-electron chi connectivity index (χ4n) is 2.11. The maximum atomic E-state index is 12.0. The van der Waals surface area contributed by atoms with Crippen LogP contribution in [0.2, 0.25) is 0 Å². The van der Waals surface area contributed by atoms with Crippen molar-refractivity contribution in [2.75, 3.05) is 19.6 Å². The summed E-state index contributed by atoms with van der Waals surface area (Å²) >= 11 is 0. The van der Waals surface area contributed by atoms with E-state index in [1.807, 2.05) is 42.5 Å². The zero-order chi connectivity index (χ0) is 16.3. The largest absolute Gasteiger partial charge is 0.489 e. The van der Waals surface area contributed by atoms with E-state index in [-0.39, 0.29) is 18.3 Å². The first-order valence-electron chi connectivity index (χ1n) is 8.05. The monoisotopic (exact) mass is 348 g/mol. The summed E-state index contributed by atoms with van der Waals surface area (Å²) in [6.07, 6.45) is 1.10. The van der Waals surface area contributed by atoms with Gasteiger partial charge in [0.2, 0.25) is 0 Å². The lowest BCUT2D eigenvalue weighted by Gasteiger charge is -2.08. The van der Waals surface area contributed by atoms with Crippen molar-refractivity contribution in [2.45, 2.75) is 20.0 Å². The van der Waals surface area contributed by atoms with Gasteiger partial charge in [0.05, 0.1) is 0 Å². The molecule has 0 aliphatic heterocycles. The van der Waals surface area contributed by atoms with Crippen LogP contribution in [0.25, 0.3) is 0 Å². The summed E-state index contributed by atoms with van der Waals surface area (Å²) in [5.74, 6) is 0.702. The first-order valence-corrected chi connectivity index (χ1v) is 8.05. The van der Waals surface area contributed by atoms with E-state index >= 15 is 0 Å². The van der Waals surface area contributed by atoms with Gasteiger partial charge in [0.1, 0.15) is 12.4 Å². The third kappa shape index (κ3) is 7.02. The average Bonchev–Trinajstić information content (AvgIpc) is 2.61. The lowest BCUT2D eigenvalue weighted by atomic mass is 10.2. The molecule has 2 rings (SSSR count). The second-order valence-corrected chi connectivity index (χ2v) is 5.30. The summed E-state index contributed by atoms with van der Waals surface area (Å²) < 4.78 is 5.71. The molecule has 2 aromatic carbocycles. The smallest absolute Gasteiger partial charge is 0.251 e. The number of amides is 1. The summed E-state index contributed by atoms with van der Waals surface area (Å²) in [7, 11) is 0. The van der Waals surface area contributed by atoms with Crippen molar-refractivity contribution in [3.63, 3.8) is 0 Å². The first-order chi connectivity index (χ1) is 11.3. The molecule has 0 fully saturated rings. The number of hydrogen-bond acceptors (Lipinski definition) is 3. The molecule has 130 valence electrons. The maximum absolute atomic E-state index is 12.0. The first kappa shape index (κ1) is 20.0. The predicted molar refractivity (Wildman–Crippen MR) is 100.0 cm³/mol. The van der Waals surface area contributed by atoms with E-state index in [1.165, 1.54) is 0 Å². The highest BCUT2D eigenvalue weighted by molar-refractivity contribution is 5.94. The Hall–Kier alpha value is -2.04. The molecule has 4 nitrogen and oxygen atoms in total. The molecule has 0 heterocycles. The Balaban J connectivity index is 0.00000288.